The van der Waals surface area contributed by atoms with Gasteiger partial charge in [0.25, 0.3) is 0 Å². The molecule has 0 rings (SSSR count). The summed E-state index contributed by atoms with van der Waals surface area (Å²) in [5.41, 5.74) is 0. The van der Waals surface area contributed by atoms with Crippen LogP contribution in [0.25, 0.3) is 0 Å². The maximum Gasteiger partial charge on any atom is 0.472 e. The SMILES string of the molecule is CCCCCCCCCCCCCCCCCCCCCCCC(=O)OCC(COP(=O)(O)OCCNC)OC(=O)CCCCCCCCCCCCCCCCCCC. The molecule has 2 N–H and O–H groups in total. The maximum atomic E-state index is 12.7. The van der Waals surface area contributed by atoms with Gasteiger partial charge in [-0.2, -0.15) is 0 Å². The molecule has 60 heavy (non-hydrogen) atoms. The van der Waals surface area contributed by atoms with E-state index in [9.17, 15) is 19.0 Å². The van der Waals surface area contributed by atoms with Crippen molar-refractivity contribution >= 4 is 19.8 Å². The summed E-state index contributed by atoms with van der Waals surface area (Å²) in [5.74, 6) is -0.784. The normalized spacial score (nSPS) is 13.1. The fraction of sp³-hybridized carbons (Fsp3) is 0.960. The highest BCUT2D eigenvalue weighted by Gasteiger charge is 2.26. The lowest BCUT2D eigenvalue weighted by Gasteiger charge is -2.20. The third-order valence-corrected chi connectivity index (χ3v) is 12.7. The molecule has 0 heterocycles. The van der Waals surface area contributed by atoms with Gasteiger partial charge in [-0.25, -0.2) is 4.57 Å². The molecule has 0 aromatic rings. The van der Waals surface area contributed by atoms with Crippen LogP contribution in [0.1, 0.15) is 271 Å². The predicted octanol–water partition coefficient (Wildman–Crippen LogP) is 15.4. The lowest BCUT2D eigenvalue weighted by atomic mass is 10.0. The molecule has 2 unspecified atom stereocenters. The van der Waals surface area contributed by atoms with Crippen LogP contribution >= 0.6 is 7.82 Å². The largest absolute Gasteiger partial charge is 0.472 e. The Bertz CT molecular complexity index is 953. The van der Waals surface area contributed by atoms with Gasteiger partial charge in [-0.1, -0.05) is 245 Å². The molecular formula is C50H100NO8P. The summed E-state index contributed by atoms with van der Waals surface area (Å²) in [6, 6.07) is 0. The van der Waals surface area contributed by atoms with Crippen molar-refractivity contribution in [1.82, 2.24) is 5.32 Å². The van der Waals surface area contributed by atoms with E-state index >= 15 is 0 Å². The van der Waals surface area contributed by atoms with E-state index in [1.165, 1.54) is 205 Å². The first kappa shape index (κ1) is 59.0. The average molecular weight is 874 g/mol. The number of unbranched alkanes of at least 4 members (excludes halogenated alkanes) is 36. The number of carbonyl (C=O) groups excluding carboxylic acids is 2. The number of phosphoric acid groups is 1. The van der Waals surface area contributed by atoms with Crippen molar-refractivity contribution in [1.29, 1.82) is 0 Å². The fourth-order valence-electron chi connectivity index (χ4n) is 7.79. The Hall–Kier alpha value is -0.990. The van der Waals surface area contributed by atoms with Crippen LogP contribution in [-0.4, -0.2) is 56.3 Å². The molecule has 0 aliphatic heterocycles. The number of likely N-dealkylation sites (N-methyl/N-ethyl adjacent to an activating group) is 1. The average Bonchev–Trinajstić information content (AvgIpc) is 3.23. The third kappa shape index (κ3) is 46.5. The molecule has 0 aromatic heterocycles. The first-order chi connectivity index (χ1) is 29.3. The van der Waals surface area contributed by atoms with E-state index in [1.54, 1.807) is 7.05 Å². The molecule has 0 amide bonds. The molecule has 0 spiro atoms. The van der Waals surface area contributed by atoms with E-state index in [4.69, 9.17) is 18.5 Å². The van der Waals surface area contributed by atoms with Crippen LogP contribution in [-0.2, 0) is 32.7 Å². The van der Waals surface area contributed by atoms with Crippen LogP contribution < -0.4 is 5.32 Å². The first-order valence-electron chi connectivity index (χ1n) is 26.0. The fourth-order valence-corrected chi connectivity index (χ4v) is 8.54. The zero-order valence-corrected chi connectivity index (χ0v) is 40.8. The van der Waals surface area contributed by atoms with Crippen molar-refractivity contribution in [2.45, 2.75) is 277 Å². The Morgan fingerprint density at radius 3 is 1.07 bits per heavy atom. The van der Waals surface area contributed by atoms with Gasteiger partial charge in [0.15, 0.2) is 6.10 Å². The lowest BCUT2D eigenvalue weighted by molar-refractivity contribution is -0.161. The van der Waals surface area contributed by atoms with Crippen molar-refractivity contribution in [2.75, 3.05) is 33.4 Å². The molecule has 10 heteroatoms. The summed E-state index contributed by atoms with van der Waals surface area (Å²) in [5, 5.41) is 2.83. The number of rotatable bonds is 50. The minimum atomic E-state index is -4.35. The smallest absolute Gasteiger partial charge is 0.462 e. The number of hydrogen-bond acceptors (Lipinski definition) is 8. The van der Waals surface area contributed by atoms with E-state index in [2.05, 4.69) is 19.2 Å². The van der Waals surface area contributed by atoms with Gasteiger partial charge in [-0.3, -0.25) is 18.6 Å². The van der Waals surface area contributed by atoms with E-state index in [1.807, 2.05) is 0 Å². The molecule has 0 aromatic carbocycles. The zero-order valence-electron chi connectivity index (χ0n) is 39.9. The Labute approximate surface area is 371 Å². The summed E-state index contributed by atoms with van der Waals surface area (Å²) in [4.78, 5) is 35.2. The molecule has 2 atom stereocenters. The standard InChI is InChI=1S/C50H100NO8P/c1-4-6-8-10-12-14-16-18-20-22-23-24-25-27-28-30-32-34-36-38-40-42-49(52)56-46-48(47-58-60(54,55)57-45-44-51-3)59-50(53)43-41-39-37-35-33-31-29-26-21-19-17-15-13-11-9-7-5-2/h48,51H,4-47H2,1-3H3,(H,54,55). The molecular weight excluding hydrogens is 774 g/mol. The molecule has 0 saturated carbocycles. The monoisotopic (exact) mass is 874 g/mol. The van der Waals surface area contributed by atoms with Crippen LogP contribution in [0.5, 0.6) is 0 Å². The van der Waals surface area contributed by atoms with E-state index < -0.39 is 26.5 Å². The second-order valence-electron chi connectivity index (χ2n) is 17.7. The Kier molecular flexibility index (Phi) is 46.7. The second kappa shape index (κ2) is 47.5. The van der Waals surface area contributed by atoms with Crippen molar-refractivity contribution in [3.63, 3.8) is 0 Å². The van der Waals surface area contributed by atoms with E-state index in [-0.39, 0.29) is 25.6 Å². The summed E-state index contributed by atoms with van der Waals surface area (Å²) in [7, 11) is -2.64. The molecule has 358 valence electrons. The van der Waals surface area contributed by atoms with Crippen molar-refractivity contribution in [2.24, 2.45) is 0 Å². The minimum absolute atomic E-state index is 0.0114. The van der Waals surface area contributed by atoms with Gasteiger partial charge in [0.1, 0.15) is 6.61 Å². The summed E-state index contributed by atoms with van der Waals surface area (Å²) >= 11 is 0. The van der Waals surface area contributed by atoms with Crippen molar-refractivity contribution < 1.29 is 37.6 Å². The second-order valence-corrected chi connectivity index (χ2v) is 19.2. The van der Waals surface area contributed by atoms with Crippen LogP contribution in [0.3, 0.4) is 0 Å². The van der Waals surface area contributed by atoms with Crippen molar-refractivity contribution in [3.8, 4) is 0 Å². The van der Waals surface area contributed by atoms with Crippen LogP contribution in [0.4, 0.5) is 0 Å². The van der Waals surface area contributed by atoms with Gasteiger partial charge in [-0.05, 0) is 19.9 Å². The van der Waals surface area contributed by atoms with Gasteiger partial charge in [0.2, 0.25) is 0 Å². The summed E-state index contributed by atoms with van der Waals surface area (Å²) in [6.07, 6.45) is 48.7. The van der Waals surface area contributed by atoms with Gasteiger partial charge in [0.05, 0.1) is 13.2 Å². The van der Waals surface area contributed by atoms with Crippen LogP contribution in [0.15, 0.2) is 0 Å². The molecule has 0 fully saturated rings. The molecule has 0 aliphatic rings. The third-order valence-electron chi connectivity index (χ3n) is 11.7. The van der Waals surface area contributed by atoms with Gasteiger partial charge < -0.3 is 19.7 Å². The molecule has 0 radical (unpaired) electrons. The van der Waals surface area contributed by atoms with E-state index in [0.29, 0.717) is 13.0 Å². The maximum absolute atomic E-state index is 12.7. The Balaban J connectivity index is 4.04. The highest BCUT2D eigenvalue weighted by molar-refractivity contribution is 7.47. The predicted molar refractivity (Wildman–Crippen MR) is 253 cm³/mol. The van der Waals surface area contributed by atoms with Gasteiger partial charge in [0, 0.05) is 19.4 Å². The number of esters is 2. The van der Waals surface area contributed by atoms with Crippen molar-refractivity contribution in [3.05, 3.63) is 0 Å². The molecule has 9 nitrogen and oxygen atoms in total. The molecule has 0 saturated heterocycles. The lowest BCUT2D eigenvalue weighted by Crippen LogP contribution is -2.29. The van der Waals surface area contributed by atoms with Gasteiger partial charge >= 0.3 is 19.8 Å². The number of carbonyl (C=O) groups is 2. The topological polar surface area (TPSA) is 120 Å². The number of nitrogens with one attached hydrogen (secondary N) is 1. The first-order valence-corrected chi connectivity index (χ1v) is 27.5. The number of phosphoric ester groups is 1. The summed E-state index contributed by atoms with van der Waals surface area (Å²) in [6.45, 7) is 4.30. The number of hydrogen-bond donors (Lipinski definition) is 2. The van der Waals surface area contributed by atoms with Crippen LogP contribution in [0, 0.1) is 0 Å². The summed E-state index contributed by atoms with van der Waals surface area (Å²) < 4.78 is 33.4. The highest BCUT2D eigenvalue weighted by Crippen LogP contribution is 2.43. The van der Waals surface area contributed by atoms with E-state index in [0.717, 1.165) is 38.5 Å². The minimum Gasteiger partial charge on any atom is -0.462 e. The highest BCUT2D eigenvalue weighted by atomic mass is 31.2. The van der Waals surface area contributed by atoms with Crippen LogP contribution in [0.2, 0.25) is 0 Å². The number of ether oxygens (including phenoxy) is 2. The Morgan fingerprint density at radius 2 is 0.750 bits per heavy atom. The molecule has 0 aliphatic carbocycles. The molecule has 0 bridgehead atoms. The zero-order chi connectivity index (χ0) is 43.9. The quantitative estimate of drug-likeness (QED) is 0.0350. The van der Waals surface area contributed by atoms with Gasteiger partial charge in [-0.15, -0.1) is 0 Å². The Morgan fingerprint density at radius 1 is 0.450 bits per heavy atom.